The number of halogens is 2. The molecule has 23 heavy (non-hydrogen) atoms. The van der Waals surface area contributed by atoms with E-state index < -0.39 is 0 Å². The Morgan fingerprint density at radius 1 is 1.04 bits per heavy atom. The van der Waals surface area contributed by atoms with E-state index in [9.17, 15) is 0 Å². The van der Waals surface area contributed by atoms with Crippen LogP contribution in [0.2, 0.25) is 5.02 Å². The molecule has 0 spiro atoms. The maximum atomic E-state index is 5.90. The molecule has 0 fully saturated rings. The van der Waals surface area contributed by atoms with Crippen LogP contribution in [0.5, 0.6) is 0 Å². The number of nitrogens with one attached hydrogen (secondary N) is 1. The van der Waals surface area contributed by atoms with Crippen molar-refractivity contribution in [1.82, 2.24) is 9.97 Å². The van der Waals surface area contributed by atoms with Crippen molar-refractivity contribution in [3.8, 4) is 11.3 Å². The van der Waals surface area contributed by atoms with Crippen LogP contribution >= 0.6 is 27.5 Å². The first-order valence-corrected chi connectivity index (χ1v) is 8.12. The predicted octanol–water partition coefficient (Wildman–Crippen LogP) is 5.19. The van der Waals surface area contributed by atoms with E-state index in [-0.39, 0.29) is 5.95 Å². The molecule has 4 nitrogen and oxygen atoms in total. The van der Waals surface area contributed by atoms with Crippen molar-refractivity contribution in [3.05, 3.63) is 63.6 Å². The lowest BCUT2D eigenvalue weighted by Gasteiger charge is -2.10. The maximum absolute atomic E-state index is 5.90. The minimum Gasteiger partial charge on any atom is -0.368 e. The van der Waals surface area contributed by atoms with Crippen molar-refractivity contribution in [2.45, 2.75) is 6.92 Å². The molecule has 2 aromatic carbocycles. The normalized spacial score (nSPS) is 10.6. The number of rotatable bonds is 3. The molecule has 0 saturated carbocycles. The summed E-state index contributed by atoms with van der Waals surface area (Å²) in [6.45, 7) is 2.03. The van der Waals surface area contributed by atoms with Crippen molar-refractivity contribution in [3.63, 3.8) is 0 Å². The van der Waals surface area contributed by atoms with Crippen LogP contribution in [0.15, 0.2) is 53.0 Å². The van der Waals surface area contributed by atoms with Gasteiger partial charge < -0.3 is 11.1 Å². The number of nitrogens with two attached hydrogens (primary N) is 1. The smallest absolute Gasteiger partial charge is 0.222 e. The molecule has 0 aliphatic carbocycles. The Balaban J connectivity index is 1.99. The lowest BCUT2D eigenvalue weighted by molar-refractivity contribution is 1.18. The molecule has 0 bridgehead atoms. The molecule has 116 valence electrons. The molecule has 3 aromatic rings. The summed E-state index contributed by atoms with van der Waals surface area (Å²) in [5, 5.41) is 3.90. The lowest BCUT2D eigenvalue weighted by atomic mass is 10.1. The summed E-state index contributed by atoms with van der Waals surface area (Å²) >= 11 is 9.39. The zero-order valence-electron chi connectivity index (χ0n) is 12.3. The summed E-state index contributed by atoms with van der Waals surface area (Å²) in [4.78, 5) is 8.59. The first-order valence-electron chi connectivity index (χ1n) is 6.95. The van der Waals surface area contributed by atoms with Gasteiger partial charge in [-0.25, -0.2) is 4.98 Å². The molecule has 0 amide bonds. The summed E-state index contributed by atoms with van der Waals surface area (Å²) in [6.07, 6.45) is 0. The quantitative estimate of drug-likeness (QED) is 0.646. The van der Waals surface area contributed by atoms with Gasteiger partial charge in [0.25, 0.3) is 0 Å². The fourth-order valence-electron chi connectivity index (χ4n) is 2.22. The van der Waals surface area contributed by atoms with Crippen LogP contribution in [-0.4, -0.2) is 9.97 Å². The summed E-state index contributed by atoms with van der Waals surface area (Å²) in [5.74, 6) is 0.854. The number of anilines is 3. The van der Waals surface area contributed by atoms with Gasteiger partial charge in [0.05, 0.1) is 5.69 Å². The second kappa shape index (κ2) is 6.56. The second-order valence-corrected chi connectivity index (χ2v) is 6.44. The molecular weight excluding hydrogens is 376 g/mol. The first-order chi connectivity index (χ1) is 11.0. The minimum atomic E-state index is 0.221. The fourth-order valence-corrected chi connectivity index (χ4v) is 2.71. The Morgan fingerprint density at radius 3 is 2.52 bits per heavy atom. The highest BCUT2D eigenvalue weighted by atomic mass is 79.9. The highest BCUT2D eigenvalue weighted by molar-refractivity contribution is 9.10. The number of nitrogen functional groups attached to an aromatic ring is 1. The van der Waals surface area contributed by atoms with Gasteiger partial charge in [-0.1, -0.05) is 33.6 Å². The zero-order chi connectivity index (χ0) is 16.4. The van der Waals surface area contributed by atoms with E-state index >= 15 is 0 Å². The Morgan fingerprint density at radius 2 is 1.78 bits per heavy atom. The molecule has 1 aromatic heterocycles. The van der Waals surface area contributed by atoms with Gasteiger partial charge in [-0.05, 0) is 48.9 Å². The van der Waals surface area contributed by atoms with Crippen molar-refractivity contribution >= 4 is 45.0 Å². The summed E-state index contributed by atoms with van der Waals surface area (Å²) in [5.41, 5.74) is 9.64. The number of aromatic nitrogens is 2. The van der Waals surface area contributed by atoms with E-state index in [1.807, 2.05) is 55.5 Å². The summed E-state index contributed by atoms with van der Waals surface area (Å²) in [6, 6.07) is 15.3. The largest absolute Gasteiger partial charge is 0.368 e. The van der Waals surface area contributed by atoms with Crippen molar-refractivity contribution < 1.29 is 0 Å². The molecule has 6 heteroatoms. The Labute approximate surface area is 147 Å². The van der Waals surface area contributed by atoms with Gasteiger partial charge in [0.1, 0.15) is 5.82 Å². The van der Waals surface area contributed by atoms with Gasteiger partial charge in [0, 0.05) is 26.8 Å². The van der Waals surface area contributed by atoms with Gasteiger partial charge in [0.15, 0.2) is 0 Å². The van der Waals surface area contributed by atoms with E-state index in [0.717, 1.165) is 27.0 Å². The van der Waals surface area contributed by atoms with Gasteiger partial charge in [0.2, 0.25) is 5.95 Å². The fraction of sp³-hybridized carbons (Fsp3) is 0.0588. The Bertz CT molecular complexity index is 850. The van der Waals surface area contributed by atoms with Crippen LogP contribution in [0.25, 0.3) is 11.3 Å². The molecule has 1 heterocycles. The average Bonchev–Trinajstić information content (AvgIpc) is 2.51. The number of hydrogen-bond donors (Lipinski definition) is 2. The van der Waals surface area contributed by atoms with Crippen LogP contribution in [0, 0.1) is 6.92 Å². The Hall–Kier alpha value is -2.11. The molecule has 0 radical (unpaired) electrons. The number of hydrogen-bond acceptors (Lipinski definition) is 4. The van der Waals surface area contributed by atoms with E-state index in [2.05, 4.69) is 31.2 Å². The van der Waals surface area contributed by atoms with Crippen molar-refractivity contribution in [2.24, 2.45) is 0 Å². The number of benzene rings is 2. The van der Waals surface area contributed by atoms with Gasteiger partial charge >= 0.3 is 0 Å². The Kier molecular flexibility index (Phi) is 4.50. The summed E-state index contributed by atoms with van der Waals surface area (Å²) in [7, 11) is 0. The van der Waals surface area contributed by atoms with Crippen LogP contribution in [0.3, 0.4) is 0 Å². The molecule has 0 unspecified atom stereocenters. The number of nitrogens with zero attached hydrogens (tertiary/aromatic N) is 2. The average molecular weight is 390 g/mol. The minimum absolute atomic E-state index is 0.221. The number of aryl methyl sites for hydroxylation is 1. The molecule has 0 aliphatic rings. The second-order valence-electron chi connectivity index (χ2n) is 5.09. The highest BCUT2D eigenvalue weighted by Crippen LogP contribution is 2.28. The van der Waals surface area contributed by atoms with Gasteiger partial charge in [-0.2, -0.15) is 4.98 Å². The van der Waals surface area contributed by atoms with Gasteiger partial charge in [-0.15, -0.1) is 0 Å². The van der Waals surface area contributed by atoms with E-state index in [1.54, 1.807) is 0 Å². The van der Waals surface area contributed by atoms with Crippen LogP contribution in [0.1, 0.15) is 5.56 Å². The third-order valence-electron chi connectivity index (χ3n) is 3.34. The van der Waals surface area contributed by atoms with Crippen molar-refractivity contribution in [2.75, 3.05) is 11.1 Å². The summed E-state index contributed by atoms with van der Waals surface area (Å²) < 4.78 is 0.988. The molecule has 3 N–H and O–H groups in total. The standard InChI is InChI=1S/C17H14BrClN4/c1-10-2-3-11(18)8-14(10)15-9-16(23-17(20)22-15)21-13-6-4-12(19)5-7-13/h2-9H,1H3,(H3,20,21,22,23). The molecular formula is C17H14BrClN4. The van der Waals surface area contributed by atoms with E-state index in [1.165, 1.54) is 0 Å². The molecule has 0 saturated heterocycles. The predicted molar refractivity (Wildman–Crippen MR) is 99.1 cm³/mol. The van der Waals surface area contributed by atoms with Crippen LogP contribution in [0.4, 0.5) is 17.5 Å². The molecule has 3 rings (SSSR count). The first kappa shape index (κ1) is 15.8. The highest BCUT2D eigenvalue weighted by Gasteiger charge is 2.08. The maximum Gasteiger partial charge on any atom is 0.222 e. The van der Waals surface area contributed by atoms with E-state index in [0.29, 0.717) is 10.8 Å². The monoisotopic (exact) mass is 388 g/mol. The van der Waals surface area contributed by atoms with E-state index in [4.69, 9.17) is 17.3 Å². The lowest BCUT2D eigenvalue weighted by Crippen LogP contribution is -2.02. The third kappa shape index (κ3) is 3.81. The SMILES string of the molecule is Cc1ccc(Br)cc1-c1cc(Nc2ccc(Cl)cc2)nc(N)n1. The van der Waals surface area contributed by atoms with Crippen LogP contribution < -0.4 is 11.1 Å². The van der Waals surface area contributed by atoms with Crippen LogP contribution in [-0.2, 0) is 0 Å². The third-order valence-corrected chi connectivity index (χ3v) is 4.08. The zero-order valence-corrected chi connectivity index (χ0v) is 14.7. The molecule has 0 atom stereocenters. The topological polar surface area (TPSA) is 63.8 Å². The van der Waals surface area contributed by atoms with Crippen molar-refractivity contribution in [1.29, 1.82) is 0 Å². The van der Waals surface area contributed by atoms with Gasteiger partial charge in [-0.3, -0.25) is 0 Å². The molecule has 0 aliphatic heterocycles.